The molecule has 0 bridgehead atoms. The molecular weight excluding hydrogens is 506 g/mol. The molecule has 5 nitrogen and oxygen atoms in total. The number of halogens is 6. The number of carbonyl (C=O) groups is 2. The Balaban J connectivity index is 1.67. The predicted molar refractivity (Wildman–Crippen MR) is 119 cm³/mol. The summed E-state index contributed by atoms with van der Waals surface area (Å²) in [6, 6.07) is 0. The van der Waals surface area contributed by atoms with E-state index in [1.165, 1.54) is 0 Å². The highest BCUT2D eigenvalue weighted by Crippen LogP contribution is 2.67. The lowest BCUT2D eigenvalue weighted by atomic mass is 9.46. The number of rotatable bonds is 4. The van der Waals surface area contributed by atoms with E-state index in [0.29, 0.717) is 24.3 Å². The first-order valence-corrected chi connectivity index (χ1v) is 12.9. The SMILES string of the molecule is C[C@H](CO)[C@H]1CC[C@H]2[C@@H]3CC=C4C[C@@H](OC(=O)C(F)(F)F)C[C@H](OC(=O)C(F)(F)F)[C@]4(C)[C@H]3CC[C@]12C. The number of hydrogen-bond donors (Lipinski definition) is 1. The number of hydrogen-bond acceptors (Lipinski definition) is 5. The summed E-state index contributed by atoms with van der Waals surface area (Å²) in [6.45, 7) is 6.09. The lowest BCUT2D eigenvalue weighted by Gasteiger charge is -2.60. The molecule has 210 valence electrons. The van der Waals surface area contributed by atoms with Crippen LogP contribution in [-0.4, -0.2) is 48.2 Å². The molecule has 3 saturated carbocycles. The van der Waals surface area contributed by atoms with E-state index in [4.69, 9.17) is 4.74 Å². The number of ether oxygens (including phenoxy) is 2. The quantitative estimate of drug-likeness (QED) is 0.279. The number of esters is 2. The van der Waals surface area contributed by atoms with Crippen molar-refractivity contribution in [2.45, 2.75) is 90.3 Å². The summed E-state index contributed by atoms with van der Waals surface area (Å²) in [5, 5.41) is 9.79. The van der Waals surface area contributed by atoms with Gasteiger partial charge in [0.05, 0.1) is 0 Å². The van der Waals surface area contributed by atoms with Crippen LogP contribution in [-0.2, 0) is 19.1 Å². The van der Waals surface area contributed by atoms with E-state index >= 15 is 0 Å². The third kappa shape index (κ3) is 4.78. The van der Waals surface area contributed by atoms with E-state index in [1.807, 2.05) is 13.0 Å². The molecule has 0 heterocycles. The van der Waals surface area contributed by atoms with Crippen LogP contribution in [0.5, 0.6) is 0 Å². The second-order valence-electron chi connectivity index (χ2n) is 11.9. The maximum atomic E-state index is 13.2. The van der Waals surface area contributed by atoms with Crippen LogP contribution >= 0.6 is 0 Å². The molecule has 4 aliphatic rings. The lowest BCUT2D eigenvalue weighted by Crippen LogP contribution is -2.57. The lowest BCUT2D eigenvalue weighted by molar-refractivity contribution is -0.223. The fraction of sp³-hybridized carbons (Fsp3) is 0.846. The highest BCUT2D eigenvalue weighted by Gasteiger charge is 2.63. The molecule has 0 aromatic rings. The molecule has 3 fully saturated rings. The third-order valence-corrected chi connectivity index (χ3v) is 10.2. The molecule has 4 aliphatic carbocycles. The van der Waals surface area contributed by atoms with Crippen molar-refractivity contribution in [1.29, 1.82) is 0 Å². The van der Waals surface area contributed by atoms with Crippen molar-refractivity contribution in [3.63, 3.8) is 0 Å². The molecule has 0 saturated heterocycles. The monoisotopic (exact) mass is 540 g/mol. The Hall–Kier alpha value is -1.78. The number of fused-ring (bicyclic) bond motifs is 5. The highest BCUT2D eigenvalue weighted by molar-refractivity contribution is 5.76. The first-order valence-electron chi connectivity index (χ1n) is 12.9. The Labute approximate surface area is 211 Å². The largest absolute Gasteiger partial charge is 0.490 e. The normalized spacial score (nSPS) is 40.5. The van der Waals surface area contributed by atoms with Gasteiger partial charge in [0.1, 0.15) is 12.2 Å². The van der Waals surface area contributed by atoms with Crippen molar-refractivity contribution in [3.8, 4) is 0 Å². The molecule has 1 N–H and O–H groups in total. The number of alkyl halides is 6. The zero-order chi connectivity index (χ0) is 27.6. The summed E-state index contributed by atoms with van der Waals surface area (Å²) in [4.78, 5) is 23.4. The Kier molecular flexibility index (Phi) is 7.21. The molecule has 0 aromatic heterocycles. The summed E-state index contributed by atoms with van der Waals surface area (Å²) < 4.78 is 87.7. The number of aliphatic hydroxyl groups excluding tert-OH is 1. The fourth-order valence-electron chi connectivity index (χ4n) is 8.44. The fourth-order valence-corrected chi connectivity index (χ4v) is 8.44. The minimum atomic E-state index is -5.27. The van der Waals surface area contributed by atoms with Crippen LogP contribution in [0.3, 0.4) is 0 Å². The van der Waals surface area contributed by atoms with Crippen LogP contribution in [0.4, 0.5) is 26.3 Å². The molecule has 9 atom stereocenters. The maximum Gasteiger partial charge on any atom is 0.490 e. The molecule has 37 heavy (non-hydrogen) atoms. The van der Waals surface area contributed by atoms with Crippen LogP contribution in [0.15, 0.2) is 11.6 Å². The van der Waals surface area contributed by atoms with Gasteiger partial charge in [-0.3, -0.25) is 0 Å². The molecule has 4 rings (SSSR count). The molecular formula is C26H34F6O5. The zero-order valence-corrected chi connectivity index (χ0v) is 21.1. The van der Waals surface area contributed by atoms with Gasteiger partial charge in [-0.1, -0.05) is 32.4 Å². The van der Waals surface area contributed by atoms with Crippen molar-refractivity contribution in [1.82, 2.24) is 0 Å². The minimum Gasteiger partial charge on any atom is -0.455 e. The van der Waals surface area contributed by atoms with Crippen LogP contribution in [0.2, 0.25) is 0 Å². The first-order chi connectivity index (χ1) is 17.0. The Morgan fingerprint density at radius 1 is 1.03 bits per heavy atom. The first kappa shape index (κ1) is 28.2. The Bertz CT molecular complexity index is 945. The van der Waals surface area contributed by atoms with Crippen molar-refractivity contribution >= 4 is 11.9 Å². The van der Waals surface area contributed by atoms with Gasteiger partial charge in [-0.2, -0.15) is 26.3 Å². The van der Waals surface area contributed by atoms with Gasteiger partial charge in [0.15, 0.2) is 0 Å². The number of carbonyl (C=O) groups excluding carboxylic acids is 2. The summed E-state index contributed by atoms with van der Waals surface area (Å²) in [5.41, 5.74) is -0.475. The van der Waals surface area contributed by atoms with Gasteiger partial charge in [-0.15, -0.1) is 0 Å². The van der Waals surface area contributed by atoms with E-state index in [1.54, 1.807) is 6.92 Å². The zero-order valence-electron chi connectivity index (χ0n) is 21.1. The molecule has 11 heteroatoms. The van der Waals surface area contributed by atoms with E-state index < -0.39 is 48.3 Å². The third-order valence-electron chi connectivity index (χ3n) is 10.2. The van der Waals surface area contributed by atoms with E-state index in [2.05, 4.69) is 11.7 Å². The molecule has 0 aliphatic heterocycles. The second kappa shape index (κ2) is 9.45. The van der Waals surface area contributed by atoms with Crippen LogP contribution in [0.1, 0.15) is 65.7 Å². The number of allylic oxidation sites excluding steroid dienone is 1. The smallest absolute Gasteiger partial charge is 0.455 e. The van der Waals surface area contributed by atoms with Crippen molar-refractivity contribution in [2.24, 2.45) is 40.4 Å². The van der Waals surface area contributed by atoms with E-state index in [0.717, 1.165) is 19.3 Å². The van der Waals surface area contributed by atoms with Crippen LogP contribution in [0.25, 0.3) is 0 Å². The standard InChI is InChI=1S/C26H34F6O5/c1-13(12-33)17-6-7-18-16-5-4-14-10-15(36-21(34)25(27,28)29)11-20(37-22(35)26(30,31)32)24(14,3)19(16)8-9-23(17,18)2/h4,13,15-20,33H,5-12H2,1-3H3/t13-,15-,16+,17-,18+,19+,20+,23-,24+/m1/s1. The Morgan fingerprint density at radius 3 is 2.24 bits per heavy atom. The van der Waals surface area contributed by atoms with Gasteiger partial charge in [0.25, 0.3) is 0 Å². The molecule has 0 aromatic carbocycles. The highest BCUT2D eigenvalue weighted by atomic mass is 19.4. The number of aliphatic hydroxyl groups is 1. The average molecular weight is 541 g/mol. The van der Waals surface area contributed by atoms with Gasteiger partial charge >= 0.3 is 24.3 Å². The molecule has 0 spiro atoms. The second-order valence-corrected chi connectivity index (χ2v) is 11.9. The maximum absolute atomic E-state index is 13.2. The average Bonchev–Trinajstić information content (AvgIpc) is 3.15. The minimum absolute atomic E-state index is 0.0391. The van der Waals surface area contributed by atoms with E-state index in [-0.39, 0.29) is 42.1 Å². The van der Waals surface area contributed by atoms with Gasteiger partial charge in [0.2, 0.25) is 0 Å². The molecule has 0 unspecified atom stereocenters. The van der Waals surface area contributed by atoms with Gasteiger partial charge in [-0.05, 0) is 67.1 Å². The van der Waals surface area contributed by atoms with Crippen LogP contribution in [0, 0.1) is 40.4 Å². The predicted octanol–water partition coefficient (Wildman–Crippen LogP) is 5.75. The summed E-state index contributed by atoms with van der Waals surface area (Å²) in [7, 11) is 0. The van der Waals surface area contributed by atoms with Gasteiger partial charge in [0, 0.05) is 24.9 Å². The summed E-state index contributed by atoms with van der Waals surface area (Å²) in [5.74, 6) is -4.15. The van der Waals surface area contributed by atoms with Gasteiger partial charge < -0.3 is 14.6 Å². The topological polar surface area (TPSA) is 72.8 Å². The molecule has 0 amide bonds. The van der Waals surface area contributed by atoms with Crippen molar-refractivity contribution in [2.75, 3.05) is 6.61 Å². The van der Waals surface area contributed by atoms with Crippen LogP contribution < -0.4 is 0 Å². The summed E-state index contributed by atoms with van der Waals surface area (Å²) >= 11 is 0. The molecule has 0 radical (unpaired) electrons. The summed E-state index contributed by atoms with van der Waals surface area (Å²) in [6.07, 6.45) is -7.96. The van der Waals surface area contributed by atoms with Crippen molar-refractivity contribution < 1.29 is 50.5 Å². The van der Waals surface area contributed by atoms with Crippen molar-refractivity contribution in [3.05, 3.63) is 11.6 Å². The Morgan fingerprint density at radius 2 is 1.65 bits per heavy atom. The van der Waals surface area contributed by atoms with Gasteiger partial charge in [-0.25, -0.2) is 9.59 Å². The van der Waals surface area contributed by atoms with E-state index in [9.17, 15) is 41.0 Å².